The maximum atomic E-state index is 6.23. The third-order valence-electron chi connectivity index (χ3n) is 2.28. The van der Waals surface area contributed by atoms with E-state index >= 15 is 0 Å². The lowest BCUT2D eigenvalue weighted by Crippen LogP contribution is -2.39. The predicted molar refractivity (Wildman–Crippen MR) is 58.4 cm³/mol. The Kier molecular flexibility index (Phi) is 6.61. The molecule has 0 aromatic rings. The maximum absolute atomic E-state index is 6.23. The molecule has 2 heteroatoms. The minimum absolute atomic E-state index is 0.0845. The zero-order valence-corrected chi connectivity index (χ0v) is 8.68. The topological polar surface area (TPSA) is 52.0 Å². The van der Waals surface area contributed by atoms with Crippen LogP contribution in [0.2, 0.25) is 0 Å². The molecule has 1 unspecified atom stereocenters. The molecule has 0 aromatic carbocycles. The van der Waals surface area contributed by atoms with Crippen LogP contribution in [0.15, 0.2) is 18.4 Å². The van der Waals surface area contributed by atoms with E-state index in [-0.39, 0.29) is 5.54 Å². The van der Waals surface area contributed by atoms with Gasteiger partial charge in [-0.15, -0.1) is 5.73 Å². The Morgan fingerprint density at radius 2 is 2.15 bits per heavy atom. The summed E-state index contributed by atoms with van der Waals surface area (Å²) in [4.78, 5) is 0. The van der Waals surface area contributed by atoms with Crippen molar-refractivity contribution in [2.24, 2.45) is 11.5 Å². The van der Waals surface area contributed by atoms with Gasteiger partial charge in [-0.1, -0.05) is 19.9 Å². The van der Waals surface area contributed by atoms with Crippen LogP contribution in [0, 0.1) is 0 Å². The first-order valence-electron chi connectivity index (χ1n) is 5.02. The second kappa shape index (κ2) is 6.90. The summed E-state index contributed by atoms with van der Waals surface area (Å²) in [5, 5.41) is 0. The van der Waals surface area contributed by atoms with Gasteiger partial charge in [0, 0.05) is 5.54 Å². The molecule has 0 fully saturated rings. The van der Waals surface area contributed by atoms with Gasteiger partial charge in [-0.2, -0.15) is 0 Å². The highest BCUT2D eigenvalue weighted by atomic mass is 14.7. The van der Waals surface area contributed by atoms with E-state index < -0.39 is 0 Å². The fourth-order valence-electron chi connectivity index (χ4n) is 1.56. The second-order valence-corrected chi connectivity index (χ2v) is 3.62. The van der Waals surface area contributed by atoms with E-state index in [1.54, 1.807) is 0 Å². The van der Waals surface area contributed by atoms with Gasteiger partial charge in [-0.05, 0) is 38.3 Å². The van der Waals surface area contributed by atoms with Crippen LogP contribution in [0.4, 0.5) is 0 Å². The summed E-state index contributed by atoms with van der Waals surface area (Å²) in [5.41, 5.74) is 14.4. The number of hydrogen-bond donors (Lipinski definition) is 2. The van der Waals surface area contributed by atoms with E-state index in [1.165, 1.54) is 0 Å². The second-order valence-electron chi connectivity index (χ2n) is 3.62. The summed E-state index contributed by atoms with van der Waals surface area (Å²) in [6.07, 6.45) is 6.95. The van der Waals surface area contributed by atoms with Gasteiger partial charge >= 0.3 is 0 Å². The zero-order chi connectivity index (χ0) is 10.2. The van der Waals surface area contributed by atoms with Crippen LogP contribution >= 0.6 is 0 Å². The molecule has 0 aliphatic heterocycles. The smallest absolute Gasteiger partial charge is 0.0195 e. The lowest BCUT2D eigenvalue weighted by Gasteiger charge is -2.27. The van der Waals surface area contributed by atoms with Gasteiger partial charge in [0.2, 0.25) is 0 Å². The van der Waals surface area contributed by atoms with Gasteiger partial charge in [-0.3, -0.25) is 0 Å². The molecule has 0 radical (unpaired) electrons. The monoisotopic (exact) mass is 182 g/mol. The van der Waals surface area contributed by atoms with Crippen molar-refractivity contribution in [1.82, 2.24) is 0 Å². The van der Waals surface area contributed by atoms with E-state index in [1.807, 2.05) is 6.08 Å². The largest absolute Gasteiger partial charge is 0.330 e. The van der Waals surface area contributed by atoms with Crippen molar-refractivity contribution in [3.8, 4) is 0 Å². The lowest BCUT2D eigenvalue weighted by atomic mass is 9.86. The average Bonchev–Trinajstić information content (AvgIpc) is 2.12. The van der Waals surface area contributed by atoms with Crippen LogP contribution in [0.5, 0.6) is 0 Å². The predicted octanol–water partition coefficient (Wildman–Crippen LogP) is 1.95. The van der Waals surface area contributed by atoms with Gasteiger partial charge in [0.05, 0.1) is 0 Å². The molecule has 0 aliphatic carbocycles. The molecule has 0 aliphatic rings. The molecule has 2 nitrogen and oxygen atoms in total. The average molecular weight is 182 g/mol. The summed E-state index contributed by atoms with van der Waals surface area (Å²) in [5.74, 6) is 0. The molecule has 0 heterocycles. The van der Waals surface area contributed by atoms with Crippen LogP contribution < -0.4 is 11.5 Å². The Labute approximate surface area is 81.7 Å². The molecule has 0 bridgehead atoms. The summed E-state index contributed by atoms with van der Waals surface area (Å²) in [6, 6.07) is 0. The molecule has 13 heavy (non-hydrogen) atoms. The summed E-state index contributed by atoms with van der Waals surface area (Å²) in [7, 11) is 0. The third kappa shape index (κ3) is 5.64. The molecule has 0 rings (SSSR count). The molecule has 0 aromatic heterocycles. The molecular formula is C11H22N2. The molecular weight excluding hydrogens is 160 g/mol. The minimum Gasteiger partial charge on any atom is -0.330 e. The quantitative estimate of drug-likeness (QED) is 0.591. The molecule has 0 saturated carbocycles. The SMILES string of the molecule is C=C=CCC(N)(CCC)CCCN. The Morgan fingerprint density at radius 1 is 1.46 bits per heavy atom. The summed E-state index contributed by atoms with van der Waals surface area (Å²) < 4.78 is 0. The van der Waals surface area contributed by atoms with Gasteiger partial charge in [-0.25, -0.2) is 0 Å². The number of nitrogens with two attached hydrogens (primary N) is 2. The highest BCUT2D eigenvalue weighted by Crippen LogP contribution is 2.20. The Morgan fingerprint density at radius 3 is 2.62 bits per heavy atom. The number of hydrogen-bond acceptors (Lipinski definition) is 2. The van der Waals surface area contributed by atoms with Crippen molar-refractivity contribution >= 4 is 0 Å². The zero-order valence-electron chi connectivity index (χ0n) is 8.68. The van der Waals surface area contributed by atoms with Crippen molar-refractivity contribution in [2.45, 2.75) is 44.6 Å². The van der Waals surface area contributed by atoms with Crippen molar-refractivity contribution in [3.05, 3.63) is 18.4 Å². The van der Waals surface area contributed by atoms with Crippen molar-refractivity contribution in [2.75, 3.05) is 6.54 Å². The van der Waals surface area contributed by atoms with Crippen molar-refractivity contribution in [3.63, 3.8) is 0 Å². The Hall–Kier alpha value is -0.560. The molecule has 0 amide bonds. The van der Waals surface area contributed by atoms with Crippen LogP contribution in [0.1, 0.15) is 39.0 Å². The van der Waals surface area contributed by atoms with Gasteiger partial charge < -0.3 is 11.5 Å². The minimum atomic E-state index is -0.0845. The highest BCUT2D eigenvalue weighted by Gasteiger charge is 2.21. The highest BCUT2D eigenvalue weighted by molar-refractivity contribution is 4.92. The lowest BCUT2D eigenvalue weighted by molar-refractivity contribution is 0.357. The Bertz CT molecular complexity index is 171. The molecule has 0 saturated heterocycles. The van der Waals surface area contributed by atoms with Crippen LogP contribution in [-0.2, 0) is 0 Å². The van der Waals surface area contributed by atoms with E-state index in [9.17, 15) is 0 Å². The van der Waals surface area contributed by atoms with Gasteiger partial charge in [0.15, 0.2) is 0 Å². The van der Waals surface area contributed by atoms with Crippen molar-refractivity contribution in [1.29, 1.82) is 0 Å². The van der Waals surface area contributed by atoms with Crippen molar-refractivity contribution < 1.29 is 0 Å². The molecule has 4 N–H and O–H groups in total. The van der Waals surface area contributed by atoms with Gasteiger partial charge in [0.1, 0.15) is 0 Å². The van der Waals surface area contributed by atoms with E-state index in [2.05, 4.69) is 19.2 Å². The van der Waals surface area contributed by atoms with E-state index in [4.69, 9.17) is 11.5 Å². The van der Waals surface area contributed by atoms with Crippen LogP contribution in [0.25, 0.3) is 0 Å². The molecule has 0 spiro atoms. The fraction of sp³-hybridized carbons (Fsp3) is 0.727. The molecule has 1 atom stereocenters. The maximum Gasteiger partial charge on any atom is 0.0195 e. The molecule has 76 valence electrons. The van der Waals surface area contributed by atoms with E-state index in [0.29, 0.717) is 0 Å². The van der Waals surface area contributed by atoms with Crippen LogP contribution in [0.3, 0.4) is 0 Å². The fourth-order valence-corrected chi connectivity index (χ4v) is 1.56. The first-order chi connectivity index (χ1) is 6.18. The standard InChI is InChI=1S/C11H22N2/c1-3-5-8-11(13,7-4-2)9-6-10-12/h5H,1,4,6-10,12-13H2,2H3. The summed E-state index contributed by atoms with van der Waals surface area (Å²) >= 11 is 0. The number of rotatable bonds is 7. The first kappa shape index (κ1) is 12.4. The normalized spacial score (nSPS) is 14.7. The Balaban J connectivity index is 4.05. The van der Waals surface area contributed by atoms with Gasteiger partial charge in [0.25, 0.3) is 0 Å². The van der Waals surface area contributed by atoms with Crippen LogP contribution in [-0.4, -0.2) is 12.1 Å². The first-order valence-corrected chi connectivity index (χ1v) is 5.02. The summed E-state index contributed by atoms with van der Waals surface area (Å²) in [6.45, 7) is 6.42. The third-order valence-corrected chi connectivity index (χ3v) is 2.28. The van der Waals surface area contributed by atoms with E-state index in [0.717, 1.165) is 38.6 Å².